The van der Waals surface area contributed by atoms with Gasteiger partial charge in [0.05, 0.1) is 11.2 Å². The summed E-state index contributed by atoms with van der Waals surface area (Å²) in [5.74, 6) is 0. The molecular formula is C25H22ClN3O2. The highest BCUT2D eigenvalue weighted by Gasteiger charge is 2.21. The van der Waals surface area contributed by atoms with E-state index in [0.717, 1.165) is 37.0 Å². The van der Waals surface area contributed by atoms with Gasteiger partial charge in [-0.3, -0.25) is 14.2 Å². The molecule has 156 valence electrons. The van der Waals surface area contributed by atoms with Crippen LogP contribution in [0.4, 0.5) is 0 Å². The van der Waals surface area contributed by atoms with E-state index in [1.165, 1.54) is 16.6 Å². The Bertz CT molecular complexity index is 1400. The summed E-state index contributed by atoms with van der Waals surface area (Å²) in [6.45, 7) is 2.00. The Morgan fingerprint density at radius 3 is 2.65 bits per heavy atom. The van der Waals surface area contributed by atoms with E-state index in [-0.39, 0.29) is 5.56 Å². The molecule has 3 heterocycles. The van der Waals surface area contributed by atoms with Gasteiger partial charge in [0, 0.05) is 60.5 Å². The van der Waals surface area contributed by atoms with Crippen LogP contribution in [0.15, 0.2) is 59.5 Å². The number of carbonyl (C=O) groups is 1. The van der Waals surface area contributed by atoms with Crippen LogP contribution in [0.1, 0.15) is 21.6 Å². The zero-order valence-electron chi connectivity index (χ0n) is 17.4. The summed E-state index contributed by atoms with van der Waals surface area (Å²) in [6.07, 6.45) is 3.55. The number of rotatable bonds is 3. The van der Waals surface area contributed by atoms with E-state index < -0.39 is 0 Å². The first-order valence-corrected chi connectivity index (χ1v) is 10.6. The fraction of sp³-hybridized carbons (Fsp3) is 0.200. The molecular weight excluding hydrogens is 410 g/mol. The van der Waals surface area contributed by atoms with Gasteiger partial charge >= 0.3 is 0 Å². The Morgan fingerprint density at radius 1 is 1.03 bits per heavy atom. The predicted molar refractivity (Wildman–Crippen MR) is 124 cm³/mol. The van der Waals surface area contributed by atoms with Crippen molar-refractivity contribution in [2.75, 3.05) is 13.6 Å². The van der Waals surface area contributed by atoms with Gasteiger partial charge in [0.1, 0.15) is 0 Å². The molecule has 0 unspecified atom stereocenters. The van der Waals surface area contributed by atoms with Crippen LogP contribution in [0, 0.1) is 0 Å². The normalized spacial score (nSPS) is 14.0. The fourth-order valence-corrected chi connectivity index (χ4v) is 4.78. The Labute approximate surface area is 185 Å². The molecule has 2 aromatic heterocycles. The van der Waals surface area contributed by atoms with Gasteiger partial charge in [0.25, 0.3) is 5.56 Å². The summed E-state index contributed by atoms with van der Waals surface area (Å²) in [5.41, 5.74) is 6.41. The lowest BCUT2D eigenvalue weighted by Crippen LogP contribution is -2.26. The third kappa shape index (κ3) is 3.30. The maximum Gasteiger partial charge on any atom is 0.255 e. The summed E-state index contributed by atoms with van der Waals surface area (Å²) in [7, 11) is 4.25. The van der Waals surface area contributed by atoms with Crippen molar-refractivity contribution in [3.63, 3.8) is 0 Å². The lowest BCUT2D eigenvalue weighted by atomic mass is 10.0. The van der Waals surface area contributed by atoms with E-state index in [1.54, 1.807) is 35.0 Å². The van der Waals surface area contributed by atoms with E-state index >= 15 is 0 Å². The lowest BCUT2D eigenvalue weighted by molar-refractivity contribution is 0.112. The molecule has 0 fully saturated rings. The van der Waals surface area contributed by atoms with Crippen molar-refractivity contribution >= 4 is 28.8 Å². The summed E-state index contributed by atoms with van der Waals surface area (Å²) >= 11 is 6.00. The van der Waals surface area contributed by atoms with E-state index in [1.807, 2.05) is 12.1 Å². The molecule has 0 spiro atoms. The van der Waals surface area contributed by atoms with Crippen LogP contribution in [-0.2, 0) is 20.0 Å². The minimum absolute atomic E-state index is 0.151. The molecule has 0 saturated heterocycles. The number of pyridine rings is 1. The minimum atomic E-state index is -0.151. The number of fused-ring (bicyclic) bond motifs is 3. The number of benzene rings is 2. The van der Waals surface area contributed by atoms with E-state index in [0.29, 0.717) is 21.7 Å². The van der Waals surface area contributed by atoms with Gasteiger partial charge in [-0.2, -0.15) is 0 Å². The standard InChI is InChI=1S/C25H22ClN3O2/c1-27-9-8-23-22(14-27)21-6-4-19(13-24(21)28(23)2)29-10-7-16(12-25(29)31)20-5-3-18(26)11-17(20)15-30/h3-7,10-13,15H,8-9,14H2,1-2H3. The van der Waals surface area contributed by atoms with Gasteiger partial charge < -0.3 is 9.47 Å². The number of aldehydes is 1. The van der Waals surface area contributed by atoms with E-state index in [4.69, 9.17) is 11.6 Å². The summed E-state index contributed by atoms with van der Waals surface area (Å²) in [5, 5.41) is 1.73. The van der Waals surface area contributed by atoms with Crippen LogP contribution in [0.5, 0.6) is 0 Å². The Balaban J connectivity index is 1.59. The van der Waals surface area contributed by atoms with Crippen molar-refractivity contribution in [2.24, 2.45) is 7.05 Å². The first-order valence-electron chi connectivity index (χ1n) is 10.2. The molecule has 0 radical (unpaired) electrons. The van der Waals surface area contributed by atoms with Gasteiger partial charge in [0.15, 0.2) is 6.29 Å². The molecule has 0 N–H and O–H groups in total. The smallest absolute Gasteiger partial charge is 0.255 e. The van der Waals surface area contributed by atoms with Crippen molar-refractivity contribution in [1.82, 2.24) is 14.0 Å². The number of likely N-dealkylation sites (N-methyl/N-ethyl adjacent to an activating group) is 1. The zero-order chi connectivity index (χ0) is 21.7. The molecule has 0 amide bonds. The molecule has 5 nitrogen and oxygen atoms in total. The highest BCUT2D eigenvalue weighted by molar-refractivity contribution is 6.31. The number of nitrogens with zero attached hydrogens (tertiary/aromatic N) is 3. The molecule has 1 aliphatic heterocycles. The third-order valence-corrected chi connectivity index (χ3v) is 6.46. The van der Waals surface area contributed by atoms with Gasteiger partial charge in [-0.25, -0.2) is 0 Å². The van der Waals surface area contributed by atoms with Crippen LogP contribution in [0.25, 0.3) is 27.7 Å². The Hall–Kier alpha value is -3.15. The van der Waals surface area contributed by atoms with Crippen LogP contribution in [-0.4, -0.2) is 33.9 Å². The molecule has 0 atom stereocenters. The second-order valence-corrected chi connectivity index (χ2v) is 8.58. The average molecular weight is 432 g/mol. The third-order valence-electron chi connectivity index (χ3n) is 6.23. The lowest BCUT2D eigenvalue weighted by Gasteiger charge is -2.23. The minimum Gasteiger partial charge on any atom is -0.347 e. The largest absolute Gasteiger partial charge is 0.347 e. The van der Waals surface area contributed by atoms with E-state index in [9.17, 15) is 9.59 Å². The number of aromatic nitrogens is 2. The highest BCUT2D eigenvalue weighted by Crippen LogP contribution is 2.31. The maximum absolute atomic E-state index is 13.0. The number of hydrogen-bond donors (Lipinski definition) is 0. The van der Waals surface area contributed by atoms with Crippen LogP contribution < -0.4 is 5.56 Å². The van der Waals surface area contributed by atoms with Crippen LogP contribution >= 0.6 is 11.6 Å². The van der Waals surface area contributed by atoms with Crippen LogP contribution in [0.3, 0.4) is 0 Å². The summed E-state index contributed by atoms with van der Waals surface area (Å²) < 4.78 is 3.89. The molecule has 0 aliphatic carbocycles. The van der Waals surface area contributed by atoms with Crippen molar-refractivity contribution < 1.29 is 4.79 Å². The predicted octanol–water partition coefficient (Wildman–Crippen LogP) is 4.45. The molecule has 2 aromatic carbocycles. The number of aryl methyl sites for hydroxylation is 1. The van der Waals surface area contributed by atoms with Crippen molar-refractivity contribution in [3.8, 4) is 16.8 Å². The first kappa shape index (κ1) is 19.8. The quantitative estimate of drug-likeness (QED) is 0.450. The summed E-state index contributed by atoms with van der Waals surface area (Å²) in [4.78, 5) is 26.7. The topological polar surface area (TPSA) is 47.2 Å². The average Bonchev–Trinajstić information content (AvgIpc) is 3.04. The number of hydrogen-bond acceptors (Lipinski definition) is 3. The molecule has 6 heteroatoms. The molecule has 0 bridgehead atoms. The SMILES string of the molecule is CN1CCc2c(c3ccc(-n4ccc(-c5ccc(Cl)cc5C=O)cc4=O)cc3n2C)C1. The van der Waals surface area contributed by atoms with Gasteiger partial charge in [-0.15, -0.1) is 0 Å². The molecule has 31 heavy (non-hydrogen) atoms. The Morgan fingerprint density at radius 2 is 1.87 bits per heavy atom. The Kier molecular flexibility index (Phi) is 4.80. The second-order valence-electron chi connectivity index (χ2n) is 8.15. The molecule has 1 aliphatic rings. The molecule has 0 saturated carbocycles. The van der Waals surface area contributed by atoms with E-state index in [2.05, 4.69) is 35.7 Å². The first-order chi connectivity index (χ1) is 15.0. The van der Waals surface area contributed by atoms with Crippen molar-refractivity contribution in [2.45, 2.75) is 13.0 Å². The van der Waals surface area contributed by atoms with Crippen LogP contribution in [0.2, 0.25) is 5.02 Å². The maximum atomic E-state index is 13.0. The fourth-order valence-electron chi connectivity index (χ4n) is 4.60. The molecule has 5 rings (SSSR count). The zero-order valence-corrected chi connectivity index (χ0v) is 18.2. The van der Waals surface area contributed by atoms with Crippen molar-refractivity contribution in [1.29, 1.82) is 0 Å². The number of carbonyl (C=O) groups excluding carboxylic acids is 1. The van der Waals surface area contributed by atoms with Crippen molar-refractivity contribution in [3.05, 3.63) is 86.9 Å². The van der Waals surface area contributed by atoms with Gasteiger partial charge in [-0.05, 0) is 54.1 Å². The second kappa shape index (κ2) is 7.52. The van der Waals surface area contributed by atoms with Gasteiger partial charge in [-0.1, -0.05) is 23.7 Å². The van der Waals surface area contributed by atoms with Gasteiger partial charge in [0.2, 0.25) is 0 Å². The monoisotopic (exact) mass is 431 g/mol. The summed E-state index contributed by atoms with van der Waals surface area (Å²) in [6, 6.07) is 14.7. The molecule has 4 aromatic rings. The highest BCUT2D eigenvalue weighted by atomic mass is 35.5. The number of halogens is 1.